The number of aliphatic hydroxyl groups excluding tert-OH is 1. The fourth-order valence-corrected chi connectivity index (χ4v) is 5.43. The number of rotatable bonds is 7. The third kappa shape index (κ3) is 4.22. The van der Waals surface area contributed by atoms with Gasteiger partial charge < -0.3 is 14.6 Å². The summed E-state index contributed by atoms with van der Waals surface area (Å²) in [4.78, 5) is 44.9. The number of nitrogens with zero attached hydrogens (tertiary/aromatic N) is 2. The quantitative estimate of drug-likeness (QED) is 0.218. The Hall–Kier alpha value is -3.50. The van der Waals surface area contributed by atoms with Crippen LogP contribution in [0.25, 0.3) is 5.76 Å². The Labute approximate surface area is 204 Å². The van der Waals surface area contributed by atoms with Crippen molar-refractivity contribution in [3.05, 3.63) is 68.4 Å². The third-order valence-corrected chi connectivity index (χ3v) is 7.28. The molecule has 0 spiro atoms. The molecule has 3 aromatic rings. The van der Waals surface area contributed by atoms with Crippen molar-refractivity contribution in [1.29, 1.82) is 0 Å². The predicted octanol–water partition coefficient (Wildman–Crippen LogP) is 4.71. The van der Waals surface area contributed by atoms with Crippen molar-refractivity contribution in [3.8, 4) is 5.75 Å². The van der Waals surface area contributed by atoms with E-state index in [1.54, 1.807) is 43.3 Å². The van der Waals surface area contributed by atoms with Crippen LogP contribution in [-0.2, 0) is 14.3 Å². The molecule has 1 aliphatic rings. The first-order valence-corrected chi connectivity index (χ1v) is 12.2. The number of carbonyl (C=O) groups excluding carboxylic acids is 3. The summed E-state index contributed by atoms with van der Waals surface area (Å²) in [6.07, 6.45) is 0.861. The second kappa shape index (κ2) is 9.78. The highest BCUT2D eigenvalue weighted by atomic mass is 32.1. The van der Waals surface area contributed by atoms with Crippen molar-refractivity contribution in [3.63, 3.8) is 0 Å². The lowest BCUT2D eigenvalue weighted by Gasteiger charge is -2.21. The Kier molecular flexibility index (Phi) is 6.80. The standard InChI is InChI=1S/C24H22N2O6S2/c1-4-11-32-15-9-7-14(8-10-15)19(27)17-18(16-6-5-12-33-16)26(22(29)20(17)28)24-25-13(2)21(34-24)23(30)31-3/h5-10,12,18,27H,4,11H2,1-3H3/t18-/m1/s1. The number of thiophene rings is 1. The summed E-state index contributed by atoms with van der Waals surface area (Å²) in [5.74, 6) is -1.87. The molecule has 1 fully saturated rings. The van der Waals surface area contributed by atoms with E-state index in [0.717, 1.165) is 17.8 Å². The minimum Gasteiger partial charge on any atom is -0.507 e. The van der Waals surface area contributed by atoms with Crippen LogP contribution in [0.1, 0.15) is 45.2 Å². The van der Waals surface area contributed by atoms with Crippen molar-refractivity contribution in [2.24, 2.45) is 0 Å². The molecule has 34 heavy (non-hydrogen) atoms. The number of methoxy groups -OCH3 is 1. The average molecular weight is 499 g/mol. The van der Waals surface area contributed by atoms with Crippen LogP contribution in [0.5, 0.6) is 5.75 Å². The van der Waals surface area contributed by atoms with Gasteiger partial charge in [0.05, 0.1) is 25.0 Å². The molecule has 0 aliphatic carbocycles. The van der Waals surface area contributed by atoms with Crippen molar-refractivity contribution in [2.45, 2.75) is 26.3 Å². The Morgan fingerprint density at radius 2 is 1.94 bits per heavy atom. The molecular weight excluding hydrogens is 476 g/mol. The van der Waals surface area contributed by atoms with Crippen LogP contribution in [0.3, 0.4) is 0 Å². The van der Waals surface area contributed by atoms with Gasteiger partial charge in [-0.2, -0.15) is 0 Å². The van der Waals surface area contributed by atoms with Gasteiger partial charge in [-0.05, 0) is 49.1 Å². The first-order valence-electron chi connectivity index (χ1n) is 10.5. The fraction of sp³-hybridized carbons (Fsp3) is 0.250. The number of aliphatic hydroxyl groups is 1. The van der Waals surface area contributed by atoms with Crippen LogP contribution in [0, 0.1) is 6.92 Å². The Balaban J connectivity index is 1.81. The molecule has 4 rings (SSSR count). The van der Waals surface area contributed by atoms with Gasteiger partial charge in [-0.3, -0.25) is 14.5 Å². The minimum atomic E-state index is -0.882. The second-order valence-corrected chi connectivity index (χ2v) is 9.42. The summed E-state index contributed by atoms with van der Waals surface area (Å²) in [6.45, 7) is 4.20. The summed E-state index contributed by atoms with van der Waals surface area (Å²) < 4.78 is 10.4. The zero-order valence-corrected chi connectivity index (χ0v) is 20.4. The van der Waals surface area contributed by atoms with Gasteiger partial charge in [0.25, 0.3) is 5.78 Å². The minimum absolute atomic E-state index is 0.0397. The van der Waals surface area contributed by atoms with Crippen LogP contribution in [-0.4, -0.2) is 41.5 Å². The summed E-state index contributed by atoms with van der Waals surface area (Å²) >= 11 is 2.31. The van der Waals surface area contributed by atoms with Gasteiger partial charge in [-0.15, -0.1) is 11.3 Å². The van der Waals surface area contributed by atoms with E-state index >= 15 is 0 Å². The van der Waals surface area contributed by atoms with Gasteiger partial charge >= 0.3 is 11.9 Å². The SMILES string of the molecule is CCCOc1ccc(C(O)=C2C(=O)C(=O)N(c3nc(C)c(C(=O)OC)s3)[C@@H]2c2cccs2)cc1. The molecule has 1 aromatic carbocycles. The van der Waals surface area contributed by atoms with Gasteiger partial charge in [-0.25, -0.2) is 9.78 Å². The molecule has 3 heterocycles. The fourth-order valence-electron chi connectivity index (χ4n) is 3.60. The number of hydrogen-bond acceptors (Lipinski definition) is 9. The van der Waals surface area contributed by atoms with Crippen molar-refractivity contribution in [2.75, 3.05) is 18.6 Å². The van der Waals surface area contributed by atoms with Crippen LogP contribution in [0.15, 0.2) is 47.4 Å². The summed E-state index contributed by atoms with van der Waals surface area (Å²) in [5, 5.41) is 13.2. The Morgan fingerprint density at radius 3 is 2.56 bits per heavy atom. The highest BCUT2D eigenvalue weighted by Gasteiger charge is 2.48. The van der Waals surface area contributed by atoms with E-state index in [1.165, 1.54) is 23.3 Å². The number of aromatic nitrogens is 1. The molecule has 8 nitrogen and oxygen atoms in total. The number of Topliss-reactive ketones (excluding diaryl/α,β-unsaturated/α-hetero) is 1. The number of ketones is 1. The van der Waals surface area contributed by atoms with Crippen molar-refractivity contribution < 1.29 is 29.0 Å². The molecule has 1 N–H and O–H groups in total. The second-order valence-electron chi connectivity index (χ2n) is 7.46. The molecule has 0 saturated carbocycles. The van der Waals surface area contributed by atoms with Gasteiger partial charge in [-0.1, -0.05) is 24.3 Å². The average Bonchev–Trinajstić information content (AvgIpc) is 3.56. The van der Waals surface area contributed by atoms with E-state index in [4.69, 9.17) is 9.47 Å². The number of hydrogen-bond donors (Lipinski definition) is 1. The maximum absolute atomic E-state index is 13.2. The lowest BCUT2D eigenvalue weighted by Crippen LogP contribution is -2.29. The normalized spacial score (nSPS) is 17.3. The molecule has 0 radical (unpaired) electrons. The first kappa shape index (κ1) is 23.7. The van der Waals surface area contributed by atoms with Crippen LogP contribution >= 0.6 is 22.7 Å². The molecule has 1 amide bonds. The van der Waals surface area contributed by atoms with Gasteiger partial charge in [0.1, 0.15) is 22.4 Å². The maximum Gasteiger partial charge on any atom is 0.350 e. The number of aryl methyl sites for hydroxylation is 1. The first-order chi connectivity index (χ1) is 16.4. The van der Waals surface area contributed by atoms with E-state index in [2.05, 4.69) is 4.98 Å². The highest BCUT2D eigenvalue weighted by molar-refractivity contribution is 7.18. The topological polar surface area (TPSA) is 106 Å². The molecule has 1 saturated heterocycles. The van der Waals surface area contributed by atoms with Crippen LogP contribution in [0.2, 0.25) is 0 Å². The van der Waals surface area contributed by atoms with Crippen molar-refractivity contribution >= 4 is 51.2 Å². The molecule has 0 bridgehead atoms. The summed E-state index contributed by atoms with van der Waals surface area (Å²) in [6, 6.07) is 9.39. The molecule has 0 unspecified atom stereocenters. The monoisotopic (exact) mass is 498 g/mol. The number of amides is 1. The zero-order chi connectivity index (χ0) is 24.4. The Bertz CT molecular complexity index is 1260. The molecule has 1 aliphatic heterocycles. The third-order valence-electron chi connectivity index (χ3n) is 5.22. The number of ether oxygens (including phenoxy) is 2. The predicted molar refractivity (Wildman–Crippen MR) is 130 cm³/mol. The van der Waals surface area contributed by atoms with E-state index in [0.29, 0.717) is 28.5 Å². The van der Waals surface area contributed by atoms with Gasteiger partial charge in [0, 0.05) is 10.4 Å². The van der Waals surface area contributed by atoms with E-state index < -0.39 is 23.7 Å². The number of esters is 1. The smallest absolute Gasteiger partial charge is 0.350 e. The highest BCUT2D eigenvalue weighted by Crippen LogP contribution is 2.45. The summed E-state index contributed by atoms with van der Waals surface area (Å²) in [5.41, 5.74) is 0.734. The number of anilines is 1. The largest absolute Gasteiger partial charge is 0.507 e. The van der Waals surface area contributed by atoms with Crippen LogP contribution < -0.4 is 9.64 Å². The Morgan fingerprint density at radius 1 is 1.21 bits per heavy atom. The maximum atomic E-state index is 13.2. The van der Waals surface area contributed by atoms with E-state index in [9.17, 15) is 19.5 Å². The number of thiazole rings is 1. The molecule has 10 heteroatoms. The number of carbonyl (C=O) groups is 3. The molecule has 176 valence electrons. The molecular formula is C24H22N2O6S2. The summed E-state index contributed by atoms with van der Waals surface area (Å²) in [7, 11) is 1.26. The lowest BCUT2D eigenvalue weighted by molar-refractivity contribution is -0.132. The number of benzene rings is 1. The molecule has 2 aromatic heterocycles. The van der Waals surface area contributed by atoms with Gasteiger partial charge in [0.2, 0.25) is 0 Å². The van der Waals surface area contributed by atoms with Crippen molar-refractivity contribution in [1.82, 2.24) is 4.98 Å². The lowest BCUT2D eigenvalue weighted by atomic mass is 10.00. The van der Waals surface area contributed by atoms with E-state index in [1.807, 2.05) is 12.3 Å². The van der Waals surface area contributed by atoms with E-state index in [-0.39, 0.29) is 21.3 Å². The molecule has 1 atom stereocenters. The van der Waals surface area contributed by atoms with Crippen LogP contribution in [0.4, 0.5) is 5.13 Å². The zero-order valence-electron chi connectivity index (χ0n) is 18.7. The van der Waals surface area contributed by atoms with Gasteiger partial charge in [0.15, 0.2) is 5.13 Å².